The lowest BCUT2D eigenvalue weighted by molar-refractivity contribution is -0.137. The number of benzene rings is 2. The topological polar surface area (TPSA) is 73.0 Å². The number of nitrogens with one attached hydrogen (secondary N) is 1. The van der Waals surface area contributed by atoms with E-state index in [1.165, 1.54) is 0 Å². The van der Waals surface area contributed by atoms with E-state index >= 15 is 0 Å². The van der Waals surface area contributed by atoms with Crippen LogP contribution in [0.25, 0.3) is 0 Å². The summed E-state index contributed by atoms with van der Waals surface area (Å²) in [4.78, 5) is 43.8. The number of likely N-dealkylation sites (tertiary alicyclic amines) is 1. The molecule has 0 unspecified atom stereocenters. The Balaban J connectivity index is 1.24. The van der Waals surface area contributed by atoms with Crippen LogP contribution in [0, 0.1) is 19.8 Å². The summed E-state index contributed by atoms with van der Waals surface area (Å²) in [5.41, 5.74) is 4.05. The molecule has 2 fully saturated rings. The van der Waals surface area contributed by atoms with Gasteiger partial charge in [0.1, 0.15) is 0 Å². The number of para-hydroxylation sites is 1. The first-order valence-electron chi connectivity index (χ1n) is 11.6. The molecule has 3 amide bonds. The van der Waals surface area contributed by atoms with Crippen molar-refractivity contribution in [2.75, 3.05) is 44.6 Å². The molecule has 1 atom stereocenters. The molecular weight excluding hydrogens is 416 g/mol. The number of nitrogens with zero attached hydrogens (tertiary/aromatic N) is 3. The predicted molar refractivity (Wildman–Crippen MR) is 128 cm³/mol. The van der Waals surface area contributed by atoms with Crippen LogP contribution in [0.1, 0.15) is 23.1 Å². The Morgan fingerprint density at radius 3 is 2.27 bits per heavy atom. The zero-order chi connectivity index (χ0) is 23.4. The molecule has 33 heavy (non-hydrogen) atoms. The number of carbonyl (C=O) groups excluding carboxylic acids is 3. The third-order valence-corrected chi connectivity index (χ3v) is 6.58. The molecule has 2 saturated heterocycles. The number of aryl methyl sites for hydroxylation is 2. The van der Waals surface area contributed by atoms with Crippen molar-refractivity contribution in [2.45, 2.75) is 26.8 Å². The van der Waals surface area contributed by atoms with Crippen LogP contribution in [0.15, 0.2) is 48.5 Å². The van der Waals surface area contributed by atoms with Crippen LogP contribution in [-0.2, 0) is 20.9 Å². The van der Waals surface area contributed by atoms with Gasteiger partial charge in [-0.2, -0.15) is 0 Å². The van der Waals surface area contributed by atoms with Crippen LogP contribution in [0.4, 0.5) is 5.69 Å². The number of piperazine rings is 1. The van der Waals surface area contributed by atoms with Crippen LogP contribution < -0.4 is 5.32 Å². The summed E-state index contributed by atoms with van der Waals surface area (Å²) in [5.74, 6) is -0.220. The summed E-state index contributed by atoms with van der Waals surface area (Å²) < 4.78 is 0. The van der Waals surface area contributed by atoms with E-state index in [0.29, 0.717) is 45.8 Å². The van der Waals surface area contributed by atoms with Gasteiger partial charge < -0.3 is 15.1 Å². The first-order valence-corrected chi connectivity index (χ1v) is 11.6. The summed E-state index contributed by atoms with van der Waals surface area (Å²) >= 11 is 0. The molecular formula is C26H32N4O3. The molecule has 2 aliphatic rings. The lowest BCUT2D eigenvalue weighted by atomic mass is 10.1. The monoisotopic (exact) mass is 448 g/mol. The number of hydrogen-bond acceptors (Lipinski definition) is 4. The van der Waals surface area contributed by atoms with E-state index in [1.807, 2.05) is 67.3 Å². The van der Waals surface area contributed by atoms with Crippen LogP contribution >= 0.6 is 0 Å². The minimum atomic E-state index is -0.278. The standard InChI is InChI=1S/C26H32N4O3/c1-19-7-6-8-20(2)25(19)27-23(31)18-28-11-13-29(14-12-28)26(33)22-15-24(32)30(17-22)16-21-9-4-3-5-10-21/h3-10,22H,11-18H2,1-2H3,(H,27,31)/t22-/m0/s1. The highest BCUT2D eigenvalue weighted by molar-refractivity contribution is 5.94. The molecule has 2 aromatic carbocycles. The van der Waals surface area contributed by atoms with Crippen molar-refractivity contribution in [3.8, 4) is 0 Å². The highest BCUT2D eigenvalue weighted by Crippen LogP contribution is 2.23. The van der Waals surface area contributed by atoms with Gasteiger partial charge in [-0.3, -0.25) is 19.3 Å². The predicted octanol–water partition coefficient (Wildman–Crippen LogP) is 2.43. The van der Waals surface area contributed by atoms with Gasteiger partial charge in [-0.25, -0.2) is 0 Å². The van der Waals surface area contributed by atoms with Gasteiger partial charge in [-0.1, -0.05) is 48.5 Å². The molecule has 2 aromatic rings. The number of hydrogen-bond donors (Lipinski definition) is 1. The van der Waals surface area contributed by atoms with Crippen LogP contribution in [0.3, 0.4) is 0 Å². The van der Waals surface area contributed by atoms with Gasteiger partial charge in [0.15, 0.2) is 0 Å². The molecule has 0 saturated carbocycles. The molecule has 1 N–H and O–H groups in total. The maximum absolute atomic E-state index is 13.0. The number of amides is 3. The minimum absolute atomic E-state index is 0.0369. The van der Waals surface area contributed by atoms with Gasteiger partial charge in [0.25, 0.3) is 0 Å². The average molecular weight is 449 g/mol. The Morgan fingerprint density at radius 2 is 1.61 bits per heavy atom. The summed E-state index contributed by atoms with van der Waals surface area (Å²) in [6.45, 7) is 7.78. The third-order valence-electron chi connectivity index (χ3n) is 6.58. The Morgan fingerprint density at radius 1 is 0.939 bits per heavy atom. The first kappa shape index (κ1) is 23.0. The Bertz CT molecular complexity index is 995. The average Bonchev–Trinajstić information content (AvgIpc) is 3.17. The summed E-state index contributed by atoms with van der Waals surface area (Å²) in [6.07, 6.45) is 0.282. The van der Waals surface area contributed by atoms with Gasteiger partial charge in [-0.05, 0) is 30.5 Å². The summed E-state index contributed by atoms with van der Waals surface area (Å²) in [5, 5.41) is 3.03. The van der Waals surface area contributed by atoms with Crippen molar-refractivity contribution in [3.63, 3.8) is 0 Å². The summed E-state index contributed by atoms with van der Waals surface area (Å²) in [7, 11) is 0. The van der Waals surface area contributed by atoms with E-state index in [4.69, 9.17) is 0 Å². The van der Waals surface area contributed by atoms with Crippen LogP contribution in [0.2, 0.25) is 0 Å². The smallest absolute Gasteiger partial charge is 0.238 e. The van der Waals surface area contributed by atoms with E-state index < -0.39 is 0 Å². The SMILES string of the molecule is Cc1cccc(C)c1NC(=O)CN1CCN(C(=O)[C@H]2CC(=O)N(Cc3ccccc3)C2)CC1. The van der Waals surface area contributed by atoms with Gasteiger partial charge in [0, 0.05) is 51.4 Å². The molecule has 7 heteroatoms. The maximum Gasteiger partial charge on any atom is 0.238 e. The second kappa shape index (κ2) is 10.2. The molecule has 2 aliphatic heterocycles. The number of carbonyl (C=O) groups is 3. The molecule has 0 aliphatic carbocycles. The molecule has 0 radical (unpaired) electrons. The van der Waals surface area contributed by atoms with Crippen LogP contribution in [-0.4, -0.2) is 71.7 Å². The fourth-order valence-corrected chi connectivity index (χ4v) is 4.67. The van der Waals surface area contributed by atoms with Crippen LogP contribution in [0.5, 0.6) is 0 Å². The first-order chi connectivity index (χ1) is 15.9. The zero-order valence-electron chi connectivity index (χ0n) is 19.4. The van der Waals surface area contributed by atoms with Crippen molar-refractivity contribution >= 4 is 23.4 Å². The second-order valence-corrected chi connectivity index (χ2v) is 9.08. The van der Waals surface area contributed by atoms with E-state index in [-0.39, 0.29) is 30.1 Å². The normalized spacial score (nSPS) is 19.1. The van der Waals surface area contributed by atoms with Crippen molar-refractivity contribution in [1.82, 2.24) is 14.7 Å². The lowest BCUT2D eigenvalue weighted by Gasteiger charge is -2.35. The number of rotatable bonds is 6. The third kappa shape index (κ3) is 5.60. The number of anilines is 1. The second-order valence-electron chi connectivity index (χ2n) is 9.08. The van der Waals surface area contributed by atoms with E-state index in [1.54, 1.807) is 4.90 Å². The van der Waals surface area contributed by atoms with E-state index in [2.05, 4.69) is 10.2 Å². The highest BCUT2D eigenvalue weighted by atomic mass is 16.2. The van der Waals surface area contributed by atoms with E-state index in [0.717, 1.165) is 22.4 Å². The molecule has 2 heterocycles. The maximum atomic E-state index is 13.0. The van der Waals surface area contributed by atoms with Gasteiger partial charge in [0.05, 0.1) is 12.5 Å². The van der Waals surface area contributed by atoms with Gasteiger partial charge in [-0.15, -0.1) is 0 Å². The Kier molecular flexibility index (Phi) is 7.08. The molecule has 0 spiro atoms. The fourth-order valence-electron chi connectivity index (χ4n) is 4.67. The molecule has 4 rings (SSSR count). The van der Waals surface area contributed by atoms with E-state index in [9.17, 15) is 14.4 Å². The molecule has 7 nitrogen and oxygen atoms in total. The fraction of sp³-hybridized carbons (Fsp3) is 0.423. The minimum Gasteiger partial charge on any atom is -0.340 e. The molecule has 0 aromatic heterocycles. The van der Waals surface area contributed by atoms with Gasteiger partial charge >= 0.3 is 0 Å². The molecule has 0 bridgehead atoms. The summed E-state index contributed by atoms with van der Waals surface area (Å²) in [6, 6.07) is 15.8. The van der Waals surface area contributed by atoms with Crippen molar-refractivity contribution in [1.29, 1.82) is 0 Å². The van der Waals surface area contributed by atoms with Crippen molar-refractivity contribution in [2.24, 2.45) is 5.92 Å². The Hall–Kier alpha value is -3.19. The van der Waals surface area contributed by atoms with Crippen molar-refractivity contribution < 1.29 is 14.4 Å². The lowest BCUT2D eigenvalue weighted by Crippen LogP contribution is -2.52. The highest BCUT2D eigenvalue weighted by Gasteiger charge is 2.37. The van der Waals surface area contributed by atoms with Gasteiger partial charge in [0.2, 0.25) is 17.7 Å². The quantitative estimate of drug-likeness (QED) is 0.737. The Labute approximate surface area is 195 Å². The largest absolute Gasteiger partial charge is 0.340 e. The molecule has 174 valence electrons. The van der Waals surface area contributed by atoms with Crippen molar-refractivity contribution in [3.05, 3.63) is 65.2 Å². The zero-order valence-corrected chi connectivity index (χ0v) is 19.4.